The van der Waals surface area contributed by atoms with Gasteiger partial charge in [0.25, 0.3) is 5.56 Å². The minimum atomic E-state index is -0.152. The van der Waals surface area contributed by atoms with Crippen molar-refractivity contribution in [2.75, 3.05) is 6.61 Å². The highest BCUT2D eigenvalue weighted by Crippen LogP contribution is 2.48. The van der Waals surface area contributed by atoms with E-state index in [0.717, 1.165) is 41.5 Å². The highest BCUT2D eigenvalue weighted by atomic mass is 16.3. The molecule has 0 radical (unpaired) electrons. The van der Waals surface area contributed by atoms with Crippen molar-refractivity contribution in [3.8, 4) is 11.1 Å². The first-order valence-corrected chi connectivity index (χ1v) is 10.3. The van der Waals surface area contributed by atoms with Gasteiger partial charge >= 0.3 is 0 Å². The summed E-state index contributed by atoms with van der Waals surface area (Å²) in [7, 11) is 1.83. The Morgan fingerprint density at radius 2 is 1.97 bits per heavy atom. The Bertz CT molecular complexity index is 1170. The minimum Gasteiger partial charge on any atom is -0.396 e. The van der Waals surface area contributed by atoms with Crippen molar-refractivity contribution in [3.05, 3.63) is 99.0 Å². The Morgan fingerprint density at radius 1 is 1.14 bits per heavy atom. The van der Waals surface area contributed by atoms with Crippen LogP contribution in [0.2, 0.25) is 0 Å². The second kappa shape index (κ2) is 6.85. The van der Waals surface area contributed by atoms with Crippen LogP contribution in [0.3, 0.4) is 0 Å². The number of hydrogen-bond acceptors (Lipinski definition) is 2. The van der Waals surface area contributed by atoms with E-state index < -0.39 is 0 Å². The maximum Gasteiger partial charge on any atom is 0.254 e. The van der Waals surface area contributed by atoms with Gasteiger partial charge in [-0.25, -0.2) is 0 Å². The highest BCUT2D eigenvalue weighted by molar-refractivity contribution is 5.79. The molecule has 0 amide bonds. The molecule has 29 heavy (non-hydrogen) atoms. The van der Waals surface area contributed by atoms with Crippen molar-refractivity contribution in [1.82, 2.24) is 4.57 Å². The van der Waals surface area contributed by atoms with Gasteiger partial charge in [0.2, 0.25) is 0 Å². The molecule has 2 aliphatic carbocycles. The van der Waals surface area contributed by atoms with Gasteiger partial charge in [-0.15, -0.1) is 0 Å². The van der Waals surface area contributed by atoms with Crippen LogP contribution < -0.4 is 5.56 Å². The molecule has 3 nitrogen and oxygen atoms in total. The fourth-order valence-corrected chi connectivity index (χ4v) is 5.27. The summed E-state index contributed by atoms with van der Waals surface area (Å²) in [6.45, 7) is 0.163. The van der Waals surface area contributed by atoms with Crippen molar-refractivity contribution in [2.45, 2.75) is 31.1 Å². The Balaban J connectivity index is 1.71. The van der Waals surface area contributed by atoms with E-state index >= 15 is 0 Å². The molecule has 1 N–H and O–H groups in total. The molecule has 2 aromatic carbocycles. The van der Waals surface area contributed by atoms with E-state index in [1.54, 1.807) is 4.57 Å². The molecule has 3 heteroatoms. The summed E-state index contributed by atoms with van der Waals surface area (Å²) < 4.78 is 1.70. The van der Waals surface area contributed by atoms with Crippen molar-refractivity contribution >= 4 is 6.08 Å². The molecular formula is C26H25NO2. The number of pyridine rings is 1. The van der Waals surface area contributed by atoms with E-state index in [9.17, 15) is 9.90 Å². The summed E-state index contributed by atoms with van der Waals surface area (Å²) in [5.74, 6) is 0. The normalized spacial score (nSPS) is 19.4. The van der Waals surface area contributed by atoms with Crippen LogP contribution in [0.15, 0.2) is 65.6 Å². The van der Waals surface area contributed by atoms with E-state index in [1.165, 1.54) is 16.7 Å². The highest BCUT2D eigenvalue weighted by Gasteiger charge is 2.40. The van der Waals surface area contributed by atoms with Gasteiger partial charge in [-0.1, -0.05) is 54.6 Å². The van der Waals surface area contributed by atoms with E-state index in [-0.39, 0.29) is 17.6 Å². The number of nitrogens with zero attached hydrogens (tertiary/aromatic N) is 1. The summed E-state index contributed by atoms with van der Waals surface area (Å²) in [6.07, 6.45) is 9.58. The van der Waals surface area contributed by atoms with Crippen LogP contribution >= 0.6 is 0 Å². The first-order valence-electron chi connectivity index (χ1n) is 10.3. The molecule has 5 rings (SSSR count). The number of benzene rings is 2. The van der Waals surface area contributed by atoms with Crippen molar-refractivity contribution in [3.63, 3.8) is 0 Å². The number of rotatable bonds is 4. The van der Waals surface area contributed by atoms with Crippen molar-refractivity contribution in [2.24, 2.45) is 7.05 Å². The Kier molecular flexibility index (Phi) is 4.29. The van der Waals surface area contributed by atoms with Gasteiger partial charge in [0, 0.05) is 36.4 Å². The van der Waals surface area contributed by atoms with Crippen LogP contribution in [0.4, 0.5) is 0 Å². The second-order valence-electron chi connectivity index (χ2n) is 8.25. The average Bonchev–Trinajstić information content (AvgIpc) is 3.38. The molecule has 1 unspecified atom stereocenters. The standard InChI is InChI=1S/C26H25NO2/c1-27-17-23(21-8-5-9-22(21)25(27)29)19-11-10-18-12-13-26(14-15-28,24(18)16-19)20-6-3-2-4-7-20/h2-8,10-11,16-17,28H,9,12-15H2,1H3. The summed E-state index contributed by atoms with van der Waals surface area (Å²) >= 11 is 0. The predicted molar refractivity (Wildman–Crippen MR) is 117 cm³/mol. The summed E-state index contributed by atoms with van der Waals surface area (Å²) in [5.41, 5.74) is 8.08. The number of allylic oxidation sites excluding steroid dienone is 1. The molecule has 1 aromatic heterocycles. The lowest BCUT2D eigenvalue weighted by Crippen LogP contribution is -2.26. The third-order valence-corrected chi connectivity index (χ3v) is 6.75. The van der Waals surface area contributed by atoms with Crippen LogP contribution in [0.1, 0.15) is 40.7 Å². The number of aliphatic hydroxyl groups excluding tert-OH is 1. The fourth-order valence-electron chi connectivity index (χ4n) is 5.27. The van der Waals surface area contributed by atoms with Gasteiger partial charge in [0.1, 0.15) is 0 Å². The molecular weight excluding hydrogens is 358 g/mol. The minimum absolute atomic E-state index is 0.0915. The van der Waals surface area contributed by atoms with Gasteiger partial charge in [-0.05, 0) is 59.6 Å². The maximum absolute atomic E-state index is 12.5. The largest absolute Gasteiger partial charge is 0.396 e. The van der Waals surface area contributed by atoms with Gasteiger partial charge in [-0.2, -0.15) is 0 Å². The molecule has 3 aromatic rings. The third-order valence-electron chi connectivity index (χ3n) is 6.75. The number of hydrogen-bond donors (Lipinski definition) is 1. The molecule has 1 heterocycles. The monoisotopic (exact) mass is 383 g/mol. The SMILES string of the molecule is Cn1cc(-c2ccc3c(c2)C(CCO)(c2ccccc2)CC3)c2c(c1=O)CC=C2. The summed E-state index contributed by atoms with van der Waals surface area (Å²) in [5, 5.41) is 9.91. The first kappa shape index (κ1) is 18.1. The second-order valence-corrected chi connectivity index (χ2v) is 8.25. The fraction of sp³-hybridized carbons (Fsp3) is 0.269. The van der Waals surface area contributed by atoms with Crippen molar-refractivity contribution in [1.29, 1.82) is 0 Å². The van der Waals surface area contributed by atoms with Crippen molar-refractivity contribution < 1.29 is 5.11 Å². The smallest absolute Gasteiger partial charge is 0.254 e. The molecule has 1 atom stereocenters. The lowest BCUT2D eigenvalue weighted by molar-refractivity contribution is 0.252. The van der Waals surface area contributed by atoms with Crippen LogP contribution in [-0.2, 0) is 25.3 Å². The van der Waals surface area contributed by atoms with Crippen LogP contribution in [0.25, 0.3) is 17.2 Å². The summed E-state index contributed by atoms with van der Waals surface area (Å²) in [6, 6.07) is 17.3. The Labute approximate surface area is 171 Å². The molecule has 0 spiro atoms. The number of aliphatic hydroxyl groups is 1. The van der Waals surface area contributed by atoms with E-state index in [0.29, 0.717) is 6.42 Å². The molecule has 146 valence electrons. The van der Waals surface area contributed by atoms with Crippen LogP contribution in [0.5, 0.6) is 0 Å². The van der Waals surface area contributed by atoms with Gasteiger partial charge in [-0.3, -0.25) is 4.79 Å². The zero-order valence-electron chi connectivity index (χ0n) is 16.7. The predicted octanol–water partition coefficient (Wildman–Crippen LogP) is 4.24. The summed E-state index contributed by atoms with van der Waals surface area (Å²) in [4.78, 5) is 12.5. The number of aromatic nitrogens is 1. The lowest BCUT2D eigenvalue weighted by atomic mass is 9.72. The zero-order valence-corrected chi connectivity index (χ0v) is 16.7. The molecule has 0 bridgehead atoms. The first-order chi connectivity index (χ1) is 14.1. The van der Waals surface area contributed by atoms with E-state index in [1.807, 2.05) is 19.3 Å². The Hall–Kier alpha value is -2.91. The third kappa shape index (κ3) is 2.72. The topological polar surface area (TPSA) is 42.2 Å². The van der Waals surface area contributed by atoms with Gasteiger partial charge in [0.15, 0.2) is 0 Å². The van der Waals surface area contributed by atoms with Gasteiger partial charge in [0.05, 0.1) is 0 Å². The molecule has 2 aliphatic rings. The quantitative estimate of drug-likeness (QED) is 0.732. The number of fused-ring (bicyclic) bond motifs is 2. The lowest BCUT2D eigenvalue weighted by Gasteiger charge is -2.31. The molecule has 0 saturated carbocycles. The maximum atomic E-state index is 12.5. The molecule has 0 fully saturated rings. The van der Waals surface area contributed by atoms with E-state index in [4.69, 9.17) is 0 Å². The van der Waals surface area contributed by atoms with Gasteiger partial charge < -0.3 is 9.67 Å². The van der Waals surface area contributed by atoms with E-state index in [2.05, 4.69) is 54.6 Å². The average molecular weight is 383 g/mol. The molecule has 0 aliphatic heterocycles. The Morgan fingerprint density at radius 3 is 2.76 bits per heavy atom. The van der Waals surface area contributed by atoms with Crippen LogP contribution in [-0.4, -0.2) is 16.3 Å². The zero-order chi connectivity index (χ0) is 20.0. The number of aryl methyl sites for hydroxylation is 2. The molecule has 0 saturated heterocycles. The van der Waals surface area contributed by atoms with Crippen LogP contribution in [0, 0.1) is 0 Å².